The van der Waals surface area contributed by atoms with Crippen molar-refractivity contribution in [2.45, 2.75) is 72.1 Å². The largest absolute Gasteiger partial charge is 0.294 e. The lowest BCUT2D eigenvalue weighted by atomic mass is 9.59. The van der Waals surface area contributed by atoms with E-state index in [0.717, 1.165) is 12.0 Å². The lowest BCUT2D eigenvalue weighted by Gasteiger charge is -2.44. The van der Waals surface area contributed by atoms with Gasteiger partial charge in [0.05, 0.1) is 0 Å². The number of rotatable bonds is 0. The van der Waals surface area contributed by atoms with Gasteiger partial charge in [0.15, 0.2) is 5.78 Å². The molecule has 0 N–H and O–H groups in total. The molecule has 1 aromatic carbocycles. The van der Waals surface area contributed by atoms with Crippen molar-refractivity contribution < 1.29 is 4.79 Å². The molecule has 1 heteroatoms. The quantitative estimate of drug-likeness (QED) is 0.666. The number of fused-ring (bicyclic) bond motifs is 3. The SMILES string of the molecule is Cc1cc2c(c3c1C(=O)CC3)C(C)(C)C(C)(C)C2(C)C. The van der Waals surface area contributed by atoms with Crippen molar-refractivity contribution in [3.05, 3.63) is 33.9 Å². The van der Waals surface area contributed by atoms with E-state index in [0.29, 0.717) is 12.2 Å². The monoisotopic (exact) mass is 270 g/mol. The summed E-state index contributed by atoms with van der Waals surface area (Å²) in [6, 6.07) is 2.30. The molecule has 108 valence electrons. The van der Waals surface area contributed by atoms with Gasteiger partial charge in [-0.25, -0.2) is 0 Å². The molecular formula is C19H26O. The fourth-order valence-electron chi connectivity index (χ4n) is 4.53. The van der Waals surface area contributed by atoms with E-state index in [1.807, 2.05) is 0 Å². The minimum atomic E-state index is 0.105. The number of ketones is 1. The lowest BCUT2D eigenvalue weighted by molar-refractivity contribution is 0.0994. The van der Waals surface area contributed by atoms with Gasteiger partial charge in [0.1, 0.15) is 0 Å². The van der Waals surface area contributed by atoms with Crippen molar-refractivity contribution in [3.63, 3.8) is 0 Å². The van der Waals surface area contributed by atoms with E-state index < -0.39 is 0 Å². The van der Waals surface area contributed by atoms with Crippen LogP contribution < -0.4 is 0 Å². The molecule has 2 aliphatic rings. The summed E-state index contributed by atoms with van der Waals surface area (Å²) in [5.41, 5.74) is 6.93. The zero-order chi connectivity index (χ0) is 15.1. The van der Waals surface area contributed by atoms with Gasteiger partial charge in [0.25, 0.3) is 0 Å². The predicted molar refractivity (Wildman–Crippen MR) is 83.7 cm³/mol. The maximum atomic E-state index is 12.2. The Kier molecular flexibility index (Phi) is 2.46. The van der Waals surface area contributed by atoms with Gasteiger partial charge in [-0.05, 0) is 51.8 Å². The highest BCUT2D eigenvalue weighted by Gasteiger charge is 2.58. The molecule has 0 saturated carbocycles. The molecule has 0 radical (unpaired) electrons. The first-order chi connectivity index (χ1) is 9.03. The fraction of sp³-hybridized carbons (Fsp3) is 0.632. The molecule has 0 saturated heterocycles. The third kappa shape index (κ3) is 1.27. The number of benzene rings is 1. The van der Waals surface area contributed by atoms with Crippen LogP contribution in [0.2, 0.25) is 0 Å². The Labute approximate surface area is 122 Å². The first-order valence-corrected chi connectivity index (χ1v) is 7.74. The zero-order valence-corrected chi connectivity index (χ0v) is 13.9. The van der Waals surface area contributed by atoms with Crippen molar-refractivity contribution in [1.29, 1.82) is 0 Å². The van der Waals surface area contributed by atoms with Gasteiger partial charge in [0, 0.05) is 12.0 Å². The van der Waals surface area contributed by atoms with Gasteiger partial charge in [-0.2, -0.15) is 0 Å². The van der Waals surface area contributed by atoms with Crippen LogP contribution in [0.5, 0.6) is 0 Å². The van der Waals surface area contributed by atoms with Gasteiger partial charge in [-0.1, -0.05) is 47.6 Å². The van der Waals surface area contributed by atoms with Crippen LogP contribution in [0.15, 0.2) is 6.07 Å². The highest BCUT2D eigenvalue weighted by atomic mass is 16.1. The molecule has 0 aliphatic heterocycles. The smallest absolute Gasteiger partial charge is 0.163 e. The van der Waals surface area contributed by atoms with Gasteiger partial charge in [-0.3, -0.25) is 4.79 Å². The lowest BCUT2D eigenvalue weighted by Crippen LogP contribution is -2.42. The summed E-state index contributed by atoms with van der Waals surface area (Å²) in [4.78, 5) is 12.2. The Morgan fingerprint density at radius 3 is 2.15 bits per heavy atom. The van der Waals surface area contributed by atoms with Gasteiger partial charge < -0.3 is 0 Å². The fourth-order valence-corrected chi connectivity index (χ4v) is 4.53. The molecule has 0 aromatic heterocycles. The molecule has 0 fully saturated rings. The topological polar surface area (TPSA) is 17.1 Å². The highest BCUT2D eigenvalue weighted by molar-refractivity contribution is 6.02. The van der Waals surface area contributed by atoms with E-state index in [-0.39, 0.29) is 16.2 Å². The second-order valence-corrected chi connectivity index (χ2v) is 8.27. The predicted octanol–water partition coefficient (Wildman–Crippen LogP) is 4.72. The summed E-state index contributed by atoms with van der Waals surface area (Å²) in [5.74, 6) is 0.346. The number of aryl methyl sites for hydroxylation is 1. The van der Waals surface area contributed by atoms with E-state index in [2.05, 4.69) is 54.5 Å². The molecule has 2 aliphatic carbocycles. The molecule has 0 unspecified atom stereocenters. The average Bonchev–Trinajstić information content (AvgIpc) is 2.74. The summed E-state index contributed by atoms with van der Waals surface area (Å²) in [5, 5.41) is 0. The number of carbonyl (C=O) groups is 1. The summed E-state index contributed by atoms with van der Waals surface area (Å²) in [6.07, 6.45) is 1.64. The van der Waals surface area contributed by atoms with Crippen molar-refractivity contribution in [2.24, 2.45) is 5.41 Å². The van der Waals surface area contributed by atoms with Gasteiger partial charge in [0.2, 0.25) is 0 Å². The summed E-state index contributed by atoms with van der Waals surface area (Å²) in [6.45, 7) is 16.3. The second-order valence-electron chi connectivity index (χ2n) is 8.27. The number of Topliss-reactive ketones (excluding diaryl/α,β-unsaturated/α-hetero) is 1. The van der Waals surface area contributed by atoms with Crippen LogP contribution in [0.3, 0.4) is 0 Å². The molecule has 0 spiro atoms. The number of hydrogen-bond donors (Lipinski definition) is 0. The van der Waals surface area contributed by atoms with E-state index in [4.69, 9.17) is 0 Å². The first kappa shape index (κ1) is 13.9. The van der Waals surface area contributed by atoms with Crippen LogP contribution in [0, 0.1) is 12.3 Å². The Balaban J connectivity index is 2.44. The van der Waals surface area contributed by atoms with Crippen molar-refractivity contribution in [2.75, 3.05) is 0 Å². The van der Waals surface area contributed by atoms with Crippen LogP contribution in [-0.2, 0) is 17.3 Å². The highest BCUT2D eigenvalue weighted by Crippen LogP contribution is 2.63. The Hall–Kier alpha value is -1.11. The molecule has 0 bridgehead atoms. The Bertz CT molecular complexity index is 630. The van der Waals surface area contributed by atoms with E-state index in [1.165, 1.54) is 22.3 Å². The Morgan fingerprint density at radius 2 is 1.55 bits per heavy atom. The van der Waals surface area contributed by atoms with Crippen molar-refractivity contribution in [1.82, 2.24) is 0 Å². The maximum absolute atomic E-state index is 12.2. The number of hydrogen-bond acceptors (Lipinski definition) is 1. The zero-order valence-electron chi connectivity index (χ0n) is 13.9. The van der Waals surface area contributed by atoms with Crippen LogP contribution in [0.1, 0.15) is 80.6 Å². The van der Waals surface area contributed by atoms with Crippen LogP contribution in [0.25, 0.3) is 0 Å². The van der Waals surface area contributed by atoms with Crippen LogP contribution in [-0.4, -0.2) is 5.78 Å². The third-order valence-corrected chi connectivity index (χ3v) is 6.93. The molecule has 1 aromatic rings. The van der Waals surface area contributed by atoms with Crippen molar-refractivity contribution in [3.8, 4) is 0 Å². The number of carbonyl (C=O) groups excluding carboxylic acids is 1. The Morgan fingerprint density at radius 1 is 0.950 bits per heavy atom. The van der Waals surface area contributed by atoms with Crippen molar-refractivity contribution >= 4 is 5.78 Å². The molecule has 3 rings (SSSR count). The summed E-state index contributed by atoms with van der Waals surface area (Å²) >= 11 is 0. The molecule has 0 amide bonds. The maximum Gasteiger partial charge on any atom is 0.163 e. The van der Waals surface area contributed by atoms with Crippen LogP contribution in [0.4, 0.5) is 0 Å². The minimum Gasteiger partial charge on any atom is -0.294 e. The molecular weight excluding hydrogens is 244 g/mol. The summed E-state index contributed by atoms with van der Waals surface area (Å²) in [7, 11) is 0. The van der Waals surface area contributed by atoms with E-state index in [9.17, 15) is 4.79 Å². The third-order valence-electron chi connectivity index (χ3n) is 6.93. The molecule has 20 heavy (non-hydrogen) atoms. The van der Waals surface area contributed by atoms with Crippen LogP contribution >= 0.6 is 0 Å². The second kappa shape index (κ2) is 3.55. The van der Waals surface area contributed by atoms with E-state index >= 15 is 0 Å². The normalized spacial score (nSPS) is 24.6. The van der Waals surface area contributed by atoms with Gasteiger partial charge >= 0.3 is 0 Å². The first-order valence-electron chi connectivity index (χ1n) is 7.74. The standard InChI is InChI=1S/C19H26O/c1-11-10-13-16(12-8-9-14(20)15(11)12)18(4,5)19(6,7)17(13,2)3/h10H,8-9H2,1-7H3. The van der Waals surface area contributed by atoms with Gasteiger partial charge in [-0.15, -0.1) is 0 Å². The minimum absolute atomic E-state index is 0.105. The molecule has 0 heterocycles. The summed E-state index contributed by atoms with van der Waals surface area (Å²) < 4.78 is 0. The van der Waals surface area contributed by atoms with E-state index in [1.54, 1.807) is 0 Å². The molecule has 0 atom stereocenters. The average molecular weight is 270 g/mol. The molecule has 1 nitrogen and oxygen atoms in total.